The van der Waals surface area contributed by atoms with Crippen molar-refractivity contribution in [1.29, 1.82) is 0 Å². The van der Waals surface area contributed by atoms with Crippen LogP contribution in [0.2, 0.25) is 0 Å². The van der Waals surface area contributed by atoms with E-state index in [0.29, 0.717) is 22.0 Å². The summed E-state index contributed by atoms with van der Waals surface area (Å²) in [5, 5.41) is 3.14. The van der Waals surface area contributed by atoms with E-state index >= 15 is 0 Å². The number of benzene rings is 1. The van der Waals surface area contributed by atoms with Gasteiger partial charge in [0.25, 0.3) is 5.91 Å². The van der Waals surface area contributed by atoms with E-state index < -0.39 is 0 Å². The molecule has 0 heterocycles. The number of anilines is 1. The Bertz CT molecular complexity index is 478. The van der Waals surface area contributed by atoms with Crippen LogP contribution < -0.4 is 11.1 Å². The third-order valence-electron chi connectivity index (χ3n) is 2.21. The Hall–Kier alpha value is -1.45. The molecule has 0 aliphatic rings. The molecule has 5 heteroatoms. The van der Waals surface area contributed by atoms with Crippen LogP contribution in [-0.2, 0) is 0 Å². The van der Waals surface area contributed by atoms with Crippen LogP contribution in [-0.4, -0.2) is 11.8 Å². The van der Waals surface area contributed by atoms with Gasteiger partial charge in [-0.1, -0.05) is 17.7 Å². The molecule has 0 spiro atoms. The van der Waals surface area contributed by atoms with E-state index in [4.69, 9.17) is 28.9 Å². The highest BCUT2D eigenvalue weighted by Gasteiger charge is 2.09. The van der Waals surface area contributed by atoms with Crippen LogP contribution in [0.1, 0.15) is 17.3 Å². The molecule has 0 aliphatic carbocycles. The maximum absolute atomic E-state index is 11.9. The van der Waals surface area contributed by atoms with E-state index in [1.807, 2.05) is 0 Å². The number of carbonyl (C=O) groups excluding carboxylic acids is 1. The molecule has 3 N–H and O–H groups in total. The largest absolute Gasteiger partial charge is 0.399 e. The number of alkyl halides is 1. The Balaban J connectivity index is 2.85. The van der Waals surface area contributed by atoms with Gasteiger partial charge in [0.15, 0.2) is 0 Å². The van der Waals surface area contributed by atoms with Crippen LogP contribution in [0.4, 0.5) is 5.69 Å². The van der Waals surface area contributed by atoms with Crippen LogP contribution in [0.15, 0.2) is 47.1 Å². The summed E-state index contributed by atoms with van der Waals surface area (Å²) in [7, 11) is 0. The topological polar surface area (TPSA) is 55.1 Å². The van der Waals surface area contributed by atoms with Gasteiger partial charge in [0.2, 0.25) is 0 Å². The molecular formula is C13H14Cl2N2O. The summed E-state index contributed by atoms with van der Waals surface area (Å²) in [5.41, 5.74) is 7.16. The van der Waals surface area contributed by atoms with E-state index in [2.05, 4.69) is 5.32 Å². The zero-order valence-electron chi connectivity index (χ0n) is 9.91. The average Bonchev–Trinajstić information content (AvgIpc) is 2.38. The van der Waals surface area contributed by atoms with Gasteiger partial charge in [0, 0.05) is 17.1 Å². The van der Waals surface area contributed by atoms with Crippen molar-refractivity contribution in [3.05, 3.63) is 52.7 Å². The zero-order valence-corrected chi connectivity index (χ0v) is 11.4. The van der Waals surface area contributed by atoms with Gasteiger partial charge in [0.05, 0.1) is 10.7 Å². The van der Waals surface area contributed by atoms with Crippen molar-refractivity contribution < 1.29 is 4.79 Å². The first kappa shape index (κ1) is 14.6. The van der Waals surface area contributed by atoms with Gasteiger partial charge >= 0.3 is 0 Å². The molecule has 1 amide bonds. The summed E-state index contributed by atoms with van der Waals surface area (Å²) < 4.78 is 0. The lowest BCUT2D eigenvalue weighted by molar-refractivity contribution is 0.0967. The van der Waals surface area contributed by atoms with E-state index in [1.54, 1.807) is 43.3 Å². The molecular weight excluding hydrogens is 271 g/mol. The minimum absolute atomic E-state index is 0.258. The summed E-state index contributed by atoms with van der Waals surface area (Å²) in [6.45, 7) is 1.78. The molecule has 0 aliphatic heterocycles. The van der Waals surface area contributed by atoms with E-state index in [9.17, 15) is 4.79 Å². The number of allylic oxidation sites excluding steroid dienone is 3. The van der Waals surface area contributed by atoms with Crippen LogP contribution >= 0.6 is 23.2 Å². The number of halogens is 2. The average molecular weight is 285 g/mol. The molecule has 1 rings (SSSR count). The van der Waals surface area contributed by atoms with Crippen molar-refractivity contribution in [2.45, 2.75) is 6.92 Å². The van der Waals surface area contributed by atoms with Gasteiger partial charge < -0.3 is 11.1 Å². The normalized spacial score (nSPS) is 12.4. The summed E-state index contributed by atoms with van der Waals surface area (Å²) in [4.78, 5) is 11.9. The Morgan fingerprint density at radius 1 is 1.39 bits per heavy atom. The van der Waals surface area contributed by atoms with Crippen LogP contribution in [0, 0.1) is 0 Å². The number of hydrogen-bond donors (Lipinski definition) is 2. The highest BCUT2D eigenvalue weighted by Crippen LogP contribution is 2.13. The lowest BCUT2D eigenvalue weighted by atomic mass is 10.2. The maximum Gasteiger partial charge on any atom is 0.255 e. The number of nitrogen functional groups attached to an aromatic ring is 1. The number of amides is 1. The minimum Gasteiger partial charge on any atom is -0.399 e. The van der Waals surface area contributed by atoms with Gasteiger partial charge in [-0.2, -0.15) is 0 Å². The van der Waals surface area contributed by atoms with Crippen molar-refractivity contribution >= 4 is 34.8 Å². The third-order valence-corrected chi connectivity index (χ3v) is 2.79. The number of rotatable bonds is 4. The molecule has 0 aromatic heterocycles. The van der Waals surface area contributed by atoms with Crippen molar-refractivity contribution in [1.82, 2.24) is 5.32 Å². The second-order valence-corrected chi connectivity index (χ2v) is 4.20. The lowest BCUT2D eigenvalue weighted by Crippen LogP contribution is -2.23. The molecule has 1 aromatic rings. The fraction of sp³-hybridized carbons (Fsp3) is 0.154. The first-order valence-electron chi connectivity index (χ1n) is 5.33. The molecule has 0 radical (unpaired) electrons. The first-order valence-corrected chi connectivity index (χ1v) is 6.25. The van der Waals surface area contributed by atoms with E-state index in [-0.39, 0.29) is 11.8 Å². The molecule has 0 atom stereocenters. The van der Waals surface area contributed by atoms with Gasteiger partial charge in [0.1, 0.15) is 0 Å². The molecule has 0 bridgehead atoms. The first-order chi connectivity index (χ1) is 8.58. The third kappa shape index (κ3) is 4.09. The van der Waals surface area contributed by atoms with E-state index in [0.717, 1.165) is 0 Å². The highest BCUT2D eigenvalue weighted by molar-refractivity contribution is 6.32. The highest BCUT2D eigenvalue weighted by atomic mass is 35.5. The number of nitrogens with one attached hydrogen (secondary N) is 1. The fourth-order valence-electron chi connectivity index (χ4n) is 1.27. The molecule has 0 unspecified atom stereocenters. The second-order valence-electron chi connectivity index (χ2n) is 3.48. The number of hydrogen-bond acceptors (Lipinski definition) is 2. The van der Waals surface area contributed by atoms with Gasteiger partial charge in [-0.05, 0) is 37.3 Å². The van der Waals surface area contributed by atoms with Crippen molar-refractivity contribution in [3.8, 4) is 0 Å². The van der Waals surface area contributed by atoms with Crippen LogP contribution in [0.25, 0.3) is 0 Å². The summed E-state index contributed by atoms with van der Waals surface area (Å²) >= 11 is 11.6. The van der Waals surface area contributed by atoms with Crippen molar-refractivity contribution in [2.75, 3.05) is 11.6 Å². The Labute approximate surface area is 116 Å². The van der Waals surface area contributed by atoms with E-state index in [1.165, 1.54) is 0 Å². The molecule has 1 aromatic carbocycles. The number of nitrogens with two attached hydrogens (primary N) is 1. The Morgan fingerprint density at radius 3 is 2.50 bits per heavy atom. The van der Waals surface area contributed by atoms with Crippen LogP contribution in [0.5, 0.6) is 0 Å². The Kier molecular flexibility index (Phi) is 5.75. The smallest absolute Gasteiger partial charge is 0.255 e. The summed E-state index contributed by atoms with van der Waals surface area (Å²) in [6.07, 6.45) is 3.32. The molecule has 0 fully saturated rings. The lowest BCUT2D eigenvalue weighted by Gasteiger charge is -2.09. The molecule has 0 saturated carbocycles. The second kappa shape index (κ2) is 7.09. The fourth-order valence-corrected chi connectivity index (χ4v) is 1.55. The SMILES string of the molecule is C/C=C(Cl)\C(=C/CCl)NC(=O)c1ccc(N)cc1. The predicted molar refractivity (Wildman–Crippen MR) is 76.7 cm³/mol. The van der Waals surface area contributed by atoms with Gasteiger partial charge in [-0.25, -0.2) is 0 Å². The molecule has 3 nitrogen and oxygen atoms in total. The summed E-state index contributed by atoms with van der Waals surface area (Å²) in [5.74, 6) is 0.00730. The van der Waals surface area contributed by atoms with Gasteiger partial charge in [-0.3, -0.25) is 4.79 Å². The quantitative estimate of drug-likeness (QED) is 0.507. The zero-order chi connectivity index (χ0) is 13.5. The monoisotopic (exact) mass is 284 g/mol. The van der Waals surface area contributed by atoms with Crippen molar-refractivity contribution in [3.63, 3.8) is 0 Å². The minimum atomic E-state index is -0.258. The summed E-state index contributed by atoms with van der Waals surface area (Å²) in [6, 6.07) is 6.62. The molecule has 18 heavy (non-hydrogen) atoms. The molecule has 0 saturated heterocycles. The van der Waals surface area contributed by atoms with Crippen LogP contribution in [0.3, 0.4) is 0 Å². The maximum atomic E-state index is 11.9. The molecule has 96 valence electrons. The predicted octanol–water partition coefficient (Wildman–Crippen LogP) is 3.26. The number of carbonyl (C=O) groups is 1. The van der Waals surface area contributed by atoms with Crippen molar-refractivity contribution in [2.24, 2.45) is 0 Å². The standard InChI is InChI=1S/C13H14Cl2N2O/c1-2-11(15)12(7-8-14)17-13(18)9-3-5-10(16)6-4-9/h2-7H,8,16H2,1H3,(H,17,18)/b11-2+,12-7+. The Morgan fingerprint density at radius 2 is 2.00 bits per heavy atom. The van der Waals surface area contributed by atoms with Gasteiger partial charge in [-0.15, -0.1) is 11.6 Å².